The van der Waals surface area contributed by atoms with Crippen LogP contribution in [0.2, 0.25) is 0 Å². The number of rotatable bonds is 7. The maximum atomic E-state index is 12.8. The molecule has 164 valence electrons. The molecular formula is C22H21F3N2O3S. The summed E-state index contributed by atoms with van der Waals surface area (Å²) < 4.78 is 66.1. The highest BCUT2D eigenvalue weighted by Gasteiger charge is 2.49. The van der Waals surface area contributed by atoms with E-state index >= 15 is 0 Å². The number of benzene rings is 2. The Morgan fingerprint density at radius 3 is 2.13 bits per heavy atom. The van der Waals surface area contributed by atoms with E-state index in [4.69, 9.17) is 4.18 Å². The largest absolute Gasteiger partial charge is 0.416 e. The molecule has 0 spiro atoms. The molecule has 3 atom stereocenters. The molecule has 2 aromatic carbocycles. The van der Waals surface area contributed by atoms with Gasteiger partial charge in [-0.2, -0.15) is 26.9 Å². The highest BCUT2D eigenvalue weighted by atomic mass is 32.2. The Kier molecular flexibility index (Phi) is 6.55. The molecule has 31 heavy (non-hydrogen) atoms. The van der Waals surface area contributed by atoms with Crippen LogP contribution in [0.25, 0.3) is 11.1 Å². The van der Waals surface area contributed by atoms with Gasteiger partial charge in [-0.15, -0.1) is 6.58 Å². The van der Waals surface area contributed by atoms with Gasteiger partial charge in [0.1, 0.15) is 6.04 Å². The molecule has 1 aliphatic rings. The van der Waals surface area contributed by atoms with Crippen LogP contribution in [0.15, 0.2) is 61.2 Å². The van der Waals surface area contributed by atoms with E-state index in [0.717, 1.165) is 29.5 Å². The maximum Gasteiger partial charge on any atom is 0.416 e. The van der Waals surface area contributed by atoms with Crippen molar-refractivity contribution in [3.8, 4) is 17.2 Å². The van der Waals surface area contributed by atoms with Crippen LogP contribution >= 0.6 is 0 Å². The van der Waals surface area contributed by atoms with Crippen molar-refractivity contribution in [3.63, 3.8) is 0 Å². The number of likely N-dealkylation sites (tertiary alicyclic amines) is 1. The third-order valence-electron chi connectivity index (χ3n) is 5.30. The second-order valence-electron chi connectivity index (χ2n) is 7.34. The molecule has 2 aromatic rings. The molecule has 9 heteroatoms. The third kappa shape index (κ3) is 5.15. The van der Waals surface area contributed by atoms with Crippen LogP contribution in [-0.4, -0.2) is 44.8 Å². The highest BCUT2D eigenvalue weighted by molar-refractivity contribution is 7.85. The predicted molar refractivity (Wildman–Crippen MR) is 111 cm³/mol. The zero-order valence-electron chi connectivity index (χ0n) is 16.7. The van der Waals surface area contributed by atoms with Gasteiger partial charge < -0.3 is 0 Å². The summed E-state index contributed by atoms with van der Waals surface area (Å²) >= 11 is 0. The van der Waals surface area contributed by atoms with Gasteiger partial charge in [-0.1, -0.05) is 42.5 Å². The van der Waals surface area contributed by atoms with E-state index in [0.29, 0.717) is 12.1 Å². The smallest absolute Gasteiger partial charge is 0.278 e. The van der Waals surface area contributed by atoms with Crippen molar-refractivity contribution >= 4 is 10.1 Å². The summed E-state index contributed by atoms with van der Waals surface area (Å²) in [6, 6.07) is 13.5. The van der Waals surface area contributed by atoms with Crippen LogP contribution < -0.4 is 0 Å². The Balaban J connectivity index is 1.83. The minimum atomic E-state index is -4.39. The fraction of sp³-hybridized carbons (Fsp3) is 0.318. The fourth-order valence-corrected chi connectivity index (χ4v) is 4.21. The van der Waals surface area contributed by atoms with Gasteiger partial charge in [-0.25, -0.2) is 0 Å². The van der Waals surface area contributed by atoms with Gasteiger partial charge in [-0.3, -0.25) is 9.08 Å². The summed E-state index contributed by atoms with van der Waals surface area (Å²) in [5.41, 5.74) is 1.48. The van der Waals surface area contributed by atoms with Crippen LogP contribution in [0.1, 0.15) is 17.0 Å². The molecule has 0 aromatic heterocycles. The Morgan fingerprint density at radius 1 is 1.13 bits per heavy atom. The zero-order chi connectivity index (χ0) is 22.8. The summed E-state index contributed by atoms with van der Waals surface area (Å²) in [4.78, 5) is 1.83. The summed E-state index contributed by atoms with van der Waals surface area (Å²) in [5, 5.41) is 9.61. The fourth-order valence-electron chi connectivity index (χ4n) is 3.83. The van der Waals surface area contributed by atoms with Crippen LogP contribution in [0.3, 0.4) is 0 Å². The molecule has 0 amide bonds. The molecular weight excluding hydrogens is 429 g/mol. The van der Waals surface area contributed by atoms with Gasteiger partial charge in [0.2, 0.25) is 0 Å². The molecule has 3 unspecified atom stereocenters. The van der Waals surface area contributed by atoms with E-state index in [1.165, 1.54) is 12.1 Å². The second kappa shape index (κ2) is 8.83. The van der Waals surface area contributed by atoms with E-state index in [1.807, 2.05) is 4.90 Å². The molecule has 1 saturated heterocycles. The maximum absolute atomic E-state index is 12.8. The van der Waals surface area contributed by atoms with Crippen LogP contribution in [0.4, 0.5) is 13.2 Å². The molecule has 0 bridgehead atoms. The van der Waals surface area contributed by atoms with E-state index in [-0.39, 0.29) is 18.6 Å². The SMILES string of the molecule is C=CCN1C(C#N)C(c2ccc(-c3ccc(C(F)(F)F)cc3)cc2)C1COS(C)(=O)=O. The summed E-state index contributed by atoms with van der Waals surface area (Å²) in [5.74, 6) is -0.270. The second-order valence-corrected chi connectivity index (χ2v) is 8.98. The van der Waals surface area contributed by atoms with Crippen molar-refractivity contribution < 1.29 is 25.8 Å². The molecule has 0 saturated carbocycles. The molecule has 0 aliphatic carbocycles. The number of halogens is 3. The van der Waals surface area contributed by atoms with Gasteiger partial charge >= 0.3 is 6.18 Å². The van der Waals surface area contributed by atoms with E-state index < -0.39 is 27.9 Å². The van der Waals surface area contributed by atoms with Crippen molar-refractivity contribution in [1.29, 1.82) is 5.26 Å². The quantitative estimate of drug-likeness (QED) is 0.467. The lowest BCUT2D eigenvalue weighted by Gasteiger charge is -2.51. The van der Waals surface area contributed by atoms with Crippen molar-refractivity contribution in [2.24, 2.45) is 0 Å². The Morgan fingerprint density at radius 2 is 1.68 bits per heavy atom. The number of nitrogens with zero attached hydrogens (tertiary/aromatic N) is 2. The van der Waals surface area contributed by atoms with E-state index in [1.54, 1.807) is 30.3 Å². The average molecular weight is 450 g/mol. The Bertz CT molecular complexity index is 1070. The van der Waals surface area contributed by atoms with Crippen molar-refractivity contribution in [2.45, 2.75) is 24.2 Å². The Hall–Kier alpha value is -2.67. The first-order valence-corrected chi connectivity index (χ1v) is 11.2. The molecule has 5 nitrogen and oxygen atoms in total. The monoisotopic (exact) mass is 450 g/mol. The first-order chi connectivity index (χ1) is 14.5. The lowest BCUT2D eigenvalue weighted by molar-refractivity contribution is -0.137. The van der Waals surface area contributed by atoms with Gasteiger partial charge in [0.25, 0.3) is 10.1 Å². The normalized spacial score (nSPS) is 21.8. The minimum absolute atomic E-state index is 0.0871. The number of nitriles is 1. The molecule has 0 N–H and O–H groups in total. The average Bonchev–Trinajstić information content (AvgIpc) is 2.70. The lowest BCUT2D eigenvalue weighted by Crippen LogP contribution is -2.63. The van der Waals surface area contributed by atoms with E-state index in [9.17, 15) is 26.9 Å². The minimum Gasteiger partial charge on any atom is -0.278 e. The molecule has 3 rings (SSSR count). The molecule has 1 aliphatic heterocycles. The summed E-state index contributed by atoms with van der Waals surface area (Å²) in [7, 11) is -3.64. The lowest BCUT2D eigenvalue weighted by atomic mass is 9.75. The molecule has 1 heterocycles. The number of hydrogen-bond donors (Lipinski definition) is 0. The van der Waals surface area contributed by atoms with Gasteiger partial charge in [0.05, 0.1) is 24.5 Å². The number of alkyl halides is 3. The van der Waals surface area contributed by atoms with Crippen molar-refractivity contribution in [3.05, 3.63) is 72.3 Å². The molecule has 0 radical (unpaired) electrons. The summed E-state index contributed by atoms with van der Waals surface area (Å²) in [6.07, 6.45) is -1.78. The molecule has 1 fully saturated rings. The topological polar surface area (TPSA) is 70.4 Å². The number of hydrogen-bond acceptors (Lipinski definition) is 5. The standard InChI is InChI=1S/C22H21F3N2O3S/c1-3-12-27-19(13-26)21(20(27)14-30-31(2,28)29)17-6-4-15(5-7-17)16-8-10-18(11-9-16)22(23,24)25/h3-11,19-21H,1,12,14H2,2H3. The van der Waals surface area contributed by atoms with Crippen molar-refractivity contribution in [1.82, 2.24) is 4.90 Å². The van der Waals surface area contributed by atoms with Crippen molar-refractivity contribution in [2.75, 3.05) is 19.4 Å². The zero-order valence-corrected chi connectivity index (χ0v) is 17.5. The van der Waals surface area contributed by atoms with Gasteiger partial charge in [0, 0.05) is 18.5 Å². The Labute approximate surface area is 179 Å². The van der Waals surface area contributed by atoms with Gasteiger partial charge in [0.15, 0.2) is 0 Å². The van der Waals surface area contributed by atoms with Crippen LogP contribution in [0.5, 0.6) is 0 Å². The van der Waals surface area contributed by atoms with E-state index in [2.05, 4.69) is 12.6 Å². The first kappa shape index (κ1) is 23.0. The van der Waals surface area contributed by atoms with Gasteiger partial charge in [-0.05, 0) is 28.8 Å². The predicted octanol–water partition coefficient (Wildman–Crippen LogP) is 4.19. The third-order valence-corrected chi connectivity index (χ3v) is 5.87. The highest BCUT2D eigenvalue weighted by Crippen LogP contribution is 2.41. The van der Waals surface area contributed by atoms with Crippen LogP contribution in [0, 0.1) is 11.3 Å². The van der Waals surface area contributed by atoms with Crippen LogP contribution in [-0.2, 0) is 20.5 Å². The summed E-state index contributed by atoms with van der Waals surface area (Å²) in [6.45, 7) is 4.00. The first-order valence-electron chi connectivity index (χ1n) is 9.43.